The van der Waals surface area contributed by atoms with Crippen LogP contribution in [0.2, 0.25) is 0 Å². The summed E-state index contributed by atoms with van der Waals surface area (Å²) in [4.78, 5) is 0. The largest absolute Gasteiger partial charge is 0.0835 e. The summed E-state index contributed by atoms with van der Waals surface area (Å²) in [6.07, 6.45) is 13.0. The monoisotopic (exact) mass is 638 g/mol. The van der Waals surface area contributed by atoms with E-state index in [1.807, 2.05) is 0 Å². The predicted octanol–water partition coefficient (Wildman–Crippen LogP) is 13.9. The van der Waals surface area contributed by atoms with Crippen molar-refractivity contribution in [3.63, 3.8) is 0 Å². The Balaban J connectivity index is 1.37. The Morgan fingerprint density at radius 3 is 2.23 bits per heavy atom. The molecule has 0 bridgehead atoms. The van der Waals surface area contributed by atoms with Crippen molar-refractivity contribution in [2.45, 2.75) is 120 Å². The summed E-state index contributed by atoms with van der Waals surface area (Å²) in [6, 6.07) is 25.9. The summed E-state index contributed by atoms with van der Waals surface area (Å²) < 4.78 is 0. The Bertz CT molecular complexity index is 1740. The van der Waals surface area contributed by atoms with Gasteiger partial charge in [-0.05, 0) is 174 Å². The van der Waals surface area contributed by atoms with E-state index in [-0.39, 0.29) is 0 Å². The van der Waals surface area contributed by atoms with E-state index >= 15 is 0 Å². The van der Waals surface area contributed by atoms with Gasteiger partial charge in [-0.15, -0.1) is 0 Å². The van der Waals surface area contributed by atoms with Gasteiger partial charge in [-0.3, -0.25) is 0 Å². The third-order valence-electron chi connectivity index (χ3n) is 13.2. The van der Waals surface area contributed by atoms with E-state index in [9.17, 15) is 0 Å². The highest BCUT2D eigenvalue weighted by atomic mass is 14.4. The summed E-state index contributed by atoms with van der Waals surface area (Å²) >= 11 is 0. The zero-order valence-corrected chi connectivity index (χ0v) is 31.6. The quantitative estimate of drug-likeness (QED) is 0.171. The summed E-state index contributed by atoms with van der Waals surface area (Å²) in [5.41, 5.74) is 14.7. The van der Waals surface area contributed by atoms with Crippen molar-refractivity contribution in [3.05, 3.63) is 112 Å². The molecular formula is C48H62. The number of benzene rings is 4. The van der Waals surface area contributed by atoms with Gasteiger partial charge in [0.25, 0.3) is 0 Å². The SMILES string of the molecule is C/C=C(\c1cc(C)c2c(C)c3c(cc2c1)CC(C(C)C)CC3)C(C)[C@H](CCC1[C@H](C)CCC[C@@H]1C)c1ccc(-c2ccccc2)c(C)c1. The van der Waals surface area contributed by atoms with E-state index in [4.69, 9.17) is 0 Å². The molecule has 0 spiro atoms. The molecular weight excluding hydrogens is 577 g/mol. The number of hydrogen-bond acceptors (Lipinski definition) is 0. The predicted molar refractivity (Wildman–Crippen MR) is 211 cm³/mol. The normalized spacial score (nSPS) is 22.9. The zero-order chi connectivity index (χ0) is 34.1. The first-order valence-electron chi connectivity index (χ1n) is 19.5. The van der Waals surface area contributed by atoms with Gasteiger partial charge >= 0.3 is 0 Å². The fraction of sp³-hybridized carbons (Fsp3) is 0.500. The molecule has 0 saturated heterocycles. The highest BCUT2D eigenvalue weighted by Crippen LogP contribution is 2.45. The molecule has 0 amide bonds. The Morgan fingerprint density at radius 2 is 1.56 bits per heavy atom. The van der Waals surface area contributed by atoms with E-state index in [1.165, 1.54) is 107 Å². The minimum atomic E-state index is 0.423. The topological polar surface area (TPSA) is 0 Å². The number of rotatable bonds is 9. The Morgan fingerprint density at radius 1 is 0.833 bits per heavy atom. The molecule has 4 aromatic carbocycles. The van der Waals surface area contributed by atoms with E-state index in [0.29, 0.717) is 11.8 Å². The lowest BCUT2D eigenvalue weighted by molar-refractivity contribution is 0.160. The summed E-state index contributed by atoms with van der Waals surface area (Å²) in [7, 11) is 0. The Labute approximate surface area is 293 Å². The van der Waals surface area contributed by atoms with Crippen LogP contribution in [0.25, 0.3) is 27.5 Å². The first-order chi connectivity index (χ1) is 23.1. The van der Waals surface area contributed by atoms with Gasteiger partial charge in [-0.2, -0.15) is 0 Å². The first-order valence-corrected chi connectivity index (χ1v) is 19.5. The van der Waals surface area contributed by atoms with Crippen LogP contribution in [-0.2, 0) is 12.8 Å². The standard InChI is InChI=1S/C48H62/c1-10-43(40-26-34(7)48-36(9)47-22-19-38(30(2)3)27-41(47)29-42(48)28-40)35(8)46(24-23-44-31(4)15-14-16-32(44)5)39-20-21-45(33(6)25-39)37-17-12-11-13-18-37/h10-13,17-18,20-21,25-26,28-32,35,38,44,46H,14-16,19,22-24,27H2,1-9H3/b43-10-/t31-,32+,35?,38?,44?,46-/m0/s1. The minimum absolute atomic E-state index is 0.423. The summed E-state index contributed by atoms with van der Waals surface area (Å²) in [6.45, 7) is 21.7. The summed E-state index contributed by atoms with van der Waals surface area (Å²) in [5, 5.41) is 2.94. The maximum Gasteiger partial charge on any atom is -0.00954 e. The lowest BCUT2D eigenvalue weighted by Crippen LogP contribution is -2.26. The highest BCUT2D eigenvalue weighted by molar-refractivity contribution is 5.93. The van der Waals surface area contributed by atoms with Crippen LogP contribution in [0.5, 0.6) is 0 Å². The molecule has 0 aromatic heterocycles. The van der Waals surface area contributed by atoms with Crippen LogP contribution in [0, 0.1) is 56.3 Å². The van der Waals surface area contributed by atoms with Crippen LogP contribution in [-0.4, -0.2) is 0 Å². The maximum absolute atomic E-state index is 2.58. The zero-order valence-electron chi connectivity index (χ0n) is 31.6. The van der Waals surface area contributed by atoms with E-state index in [0.717, 1.165) is 29.6 Å². The van der Waals surface area contributed by atoms with Crippen molar-refractivity contribution in [1.29, 1.82) is 0 Å². The maximum atomic E-state index is 2.58. The second-order valence-electron chi connectivity index (χ2n) is 16.5. The van der Waals surface area contributed by atoms with Crippen molar-refractivity contribution in [3.8, 4) is 11.1 Å². The molecule has 1 fully saturated rings. The van der Waals surface area contributed by atoms with Gasteiger partial charge in [-0.25, -0.2) is 0 Å². The van der Waals surface area contributed by atoms with Crippen LogP contribution in [0.15, 0.2) is 72.8 Å². The van der Waals surface area contributed by atoms with Gasteiger partial charge in [0.2, 0.25) is 0 Å². The second-order valence-corrected chi connectivity index (χ2v) is 16.5. The molecule has 2 aliphatic carbocycles. The number of aryl methyl sites for hydroxylation is 3. The van der Waals surface area contributed by atoms with Crippen molar-refractivity contribution in [2.75, 3.05) is 0 Å². The average molecular weight is 639 g/mol. The second kappa shape index (κ2) is 14.8. The number of fused-ring (bicyclic) bond motifs is 2. The third kappa shape index (κ3) is 6.97. The van der Waals surface area contributed by atoms with Crippen molar-refractivity contribution >= 4 is 16.3 Å². The minimum Gasteiger partial charge on any atom is -0.0835 e. The first kappa shape index (κ1) is 34.7. The van der Waals surface area contributed by atoms with E-state index in [2.05, 4.69) is 135 Å². The molecule has 2 aliphatic rings. The number of allylic oxidation sites excluding steroid dienone is 2. The van der Waals surface area contributed by atoms with Crippen LogP contribution < -0.4 is 0 Å². The molecule has 0 aliphatic heterocycles. The molecule has 0 heteroatoms. The van der Waals surface area contributed by atoms with Crippen LogP contribution in [0.4, 0.5) is 0 Å². The van der Waals surface area contributed by atoms with Crippen LogP contribution in [0.1, 0.15) is 125 Å². The van der Waals surface area contributed by atoms with Crippen LogP contribution >= 0.6 is 0 Å². The third-order valence-corrected chi connectivity index (χ3v) is 13.2. The highest BCUT2D eigenvalue weighted by Gasteiger charge is 2.31. The van der Waals surface area contributed by atoms with Gasteiger partial charge in [0.15, 0.2) is 0 Å². The van der Waals surface area contributed by atoms with Crippen molar-refractivity contribution < 1.29 is 0 Å². The molecule has 6 rings (SSSR count). The Kier molecular flexibility index (Phi) is 10.7. The molecule has 4 aromatic rings. The summed E-state index contributed by atoms with van der Waals surface area (Å²) in [5.74, 6) is 4.96. The van der Waals surface area contributed by atoms with Crippen molar-refractivity contribution in [2.24, 2.45) is 35.5 Å². The van der Waals surface area contributed by atoms with Gasteiger partial charge in [0, 0.05) is 0 Å². The molecule has 0 radical (unpaired) electrons. The van der Waals surface area contributed by atoms with Crippen molar-refractivity contribution in [1.82, 2.24) is 0 Å². The van der Waals surface area contributed by atoms with Gasteiger partial charge in [0.1, 0.15) is 0 Å². The van der Waals surface area contributed by atoms with Gasteiger partial charge in [0.05, 0.1) is 0 Å². The molecule has 0 heterocycles. The van der Waals surface area contributed by atoms with Gasteiger partial charge < -0.3 is 0 Å². The smallest absolute Gasteiger partial charge is 0.00954 e. The van der Waals surface area contributed by atoms with Crippen LogP contribution in [0.3, 0.4) is 0 Å². The molecule has 1 saturated carbocycles. The molecule has 0 nitrogen and oxygen atoms in total. The fourth-order valence-electron chi connectivity index (χ4n) is 10.3. The number of hydrogen-bond donors (Lipinski definition) is 0. The lowest BCUT2D eigenvalue weighted by Gasteiger charge is -2.37. The Hall–Kier alpha value is -3.12. The molecule has 0 N–H and O–H groups in total. The lowest BCUT2D eigenvalue weighted by atomic mass is 9.69. The van der Waals surface area contributed by atoms with E-state index < -0.39 is 0 Å². The van der Waals surface area contributed by atoms with E-state index in [1.54, 1.807) is 11.1 Å². The molecule has 3 unspecified atom stereocenters. The molecule has 48 heavy (non-hydrogen) atoms. The average Bonchev–Trinajstić information content (AvgIpc) is 3.06. The fourth-order valence-corrected chi connectivity index (χ4v) is 10.3. The molecule has 254 valence electrons. The molecule has 6 atom stereocenters. The van der Waals surface area contributed by atoms with Gasteiger partial charge in [-0.1, -0.05) is 121 Å².